The summed E-state index contributed by atoms with van der Waals surface area (Å²) < 4.78 is 35.6. The van der Waals surface area contributed by atoms with Crippen LogP contribution in [0.25, 0.3) is 0 Å². The Labute approximate surface area is 69.1 Å². The first-order chi connectivity index (χ1) is 5.58. The molecule has 0 nitrogen and oxygen atoms in total. The Balaban J connectivity index is 2.59. The third-order valence-electron chi connectivity index (χ3n) is 1.48. The molecule has 0 aliphatic heterocycles. The Bertz CT molecular complexity index is 231. The van der Waals surface area contributed by atoms with E-state index in [4.69, 9.17) is 0 Å². The zero-order valence-corrected chi connectivity index (χ0v) is 6.43. The highest BCUT2D eigenvalue weighted by atomic mass is 19.4. The third kappa shape index (κ3) is 3.42. The Kier molecular flexibility index (Phi) is 2.74. The van der Waals surface area contributed by atoms with Gasteiger partial charge in [-0.25, -0.2) is 0 Å². The molecular formula is C9H9F3. The molecule has 0 saturated heterocycles. The van der Waals surface area contributed by atoms with Crippen LogP contribution in [-0.4, -0.2) is 6.18 Å². The summed E-state index contributed by atoms with van der Waals surface area (Å²) in [6, 6.07) is 0. The summed E-state index contributed by atoms with van der Waals surface area (Å²) in [6.07, 6.45) is 3.94. The van der Waals surface area contributed by atoms with Gasteiger partial charge in [-0.1, -0.05) is 30.4 Å². The van der Waals surface area contributed by atoms with Crippen molar-refractivity contribution in [2.45, 2.75) is 19.0 Å². The summed E-state index contributed by atoms with van der Waals surface area (Å²) in [4.78, 5) is 0. The third-order valence-corrected chi connectivity index (χ3v) is 1.48. The topological polar surface area (TPSA) is 0 Å². The molecule has 0 spiro atoms. The summed E-state index contributed by atoms with van der Waals surface area (Å²) in [5.74, 6) is 0. The van der Waals surface area contributed by atoms with Gasteiger partial charge in [0.05, 0.1) is 6.42 Å². The molecule has 0 unspecified atom stereocenters. The Morgan fingerprint density at radius 2 is 2.00 bits per heavy atom. The molecular weight excluding hydrogens is 165 g/mol. The smallest absolute Gasteiger partial charge is 0.171 e. The van der Waals surface area contributed by atoms with Crippen LogP contribution in [0.4, 0.5) is 13.2 Å². The van der Waals surface area contributed by atoms with E-state index in [-0.39, 0.29) is 0 Å². The van der Waals surface area contributed by atoms with Gasteiger partial charge < -0.3 is 0 Å². The molecule has 0 fully saturated rings. The highest BCUT2D eigenvalue weighted by Gasteiger charge is 2.27. The lowest BCUT2D eigenvalue weighted by atomic mass is 10.1. The largest absolute Gasteiger partial charge is 0.393 e. The van der Waals surface area contributed by atoms with Crippen molar-refractivity contribution in [1.29, 1.82) is 0 Å². The highest BCUT2D eigenvalue weighted by molar-refractivity contribution is 5.26. The van der Waals surface area contributed by atoms with Crippen LogP contribution in [-0.2, 0) is 0 Å². The van der Waals surface area contributed by atoms with Crippen molar-refractivity contribution in [2.75, 3.05) is 0 Å². The molecule has 0 aromatic carbocycles. The van der Waals surface area contributed by atoms with Gasteiger partial charge in [-0.05, 0) is 12.0 Å². The number of halogens is 3. The van der Waals surface area contributed by atoms with Crippen LogP contribution < -0.4 is 0 Å². The Morgan fingerprint density at radius 1 is 1.25 bits per heavy atom. The van der Waals surface area contributed by atoms with Crippen molar-refractivity contribution >= 4 is 0 Å². The minimum Gasteiger partial charge on any atom is -0.171 e. The van der Waals surface area contributed by atoms with Crippen molar-refractivity contribution in [3.05, 3.63) is 36.0 Å². The Morgan fingerprint density at radius 3 is 2.67 bits per heavy atom. The molecule has 0 radical (unpaired) electrons. The molecule has 0 N–H and O–H groups in total. The summed E-state index contributed by atoms with van der Waals surface area (Å²) in [5.41, 5.74) is 0.340. The van der Waals surface area contributed by atoms with Gasteiger partial charge in [0.2, 0.25) is 0 Å². The molecule has 0 amide bonds. The molecule has 0 aromatic heterocycles. The van der Waals surface area contributed by atoms with E-state index in [0.717, 1.165) is 0 Å². The number of alkyl halides is 3. The summed E-state index contributed by atoms with van der Waals surface area (Å²) >= 11 is 0. The quantitative estimate of drug-likeness (QED) is 0.571. The average molecular weight is 174 g/mol. The predicted molar refractivity (Wildman–Crippen MR) is 41.7 cm³/mol. The zero-order chi connectivity index (χ0) is 9.03. The SMILES string of the molecule is FC(F)(F)CC1=CCC=CC=C1. The van der Waals surface area contributed by atoms with Gasteiger partial charge in [-0.15, -0.1) is 0 Å². The molecule has 66 valence electrons. The van der Waals surface area contributed by atoms with E-state index < -0.39 is 12.6 Å². The predicted octanol–water partition coefficient (Wildman–Crippen LogP) is 3.38. The first-order valence-electron chi connectivity index (χ1n) is 3.67. The van der Waals surface area contributed by atoms with Gasteiger partial charge in [0.25, 0.3) is 0 Å². The molecule has 0 saturated carbocycles. The molecule has 3 heteroatoms. The first-order valence-corrected chi connectivity index (χ1v) is 3.67. The standard InChI is InChI=1S/C9H9F3/c10-9(11,12)7-8-5-3-1-2-4-6-8/h1-3,5-6H,4,7H2. The number of rotatable bonds is 1. The van der Waals surface area contributed by atoms with E-state index in [2.05, 4.69) is 0 Å². The molecule has 1 aliphatic rings. The van der Waals surface area contributed by atoms with Gasteiger partial charge in [-0.3, -0.25) is 0 Å². The fraction of sp³-hybridized carbons (Fsp3) is 0.333. The maximum absolute atomic E-state index is 11.9. The van der Waals surface area contributed by atoms with Crippen LogP contribution in [0, 0.1) is 0 Å². The van der Waals surface area contributed by atoms with Crippen molar-refractivity contribution in [2.24, 2.45) is 0 Å². The van der Waals surface area contributed by atoms with Crippen LogP contribution in [0.5, 0.6) is 0 Å². The van der Waals surface area contributed by atoms with Crippen LogP contribution in [0.15, 0.2) is 36.0 Å². The van der Waals surface area contributed by atoms with E-state index in [1.807, 2.05) is 6.08 Å². The van der Waals surface area contributed by atoms with E-state index in [0.29, 0.717) is 12.0 Å². The van der Waals surface area contributed by atoms with E-state index in [9.17, 15) is 13.2 Å². The lowest BCUT2D eigenvalue weighted by Crippen LogP contribution is -2.07. The van der Waals surface area contributed by atoms with E-state index in [1.54, 1.807) is 18.2 Å². The van der Waals surface area contributed by atoms with Crippen molar-refractivity contribution in [3.8, 4) is 0 Å². The monoisotopic (exact) mass is 174 g/mol. The van der Waals surface area contributed by atoms with Gasteiger partial charge in [0.15, 0.2) is 0 Å². The van der Waals surface area contributed by atoms with Crippen molar-refractivity contribution in [3.63, 3.8) is 0 Å². The minimum atomic E-state index is -4.10. The summed E-state index contributed by atoms with van der Waals surface area (Å²) in [7, 11) is 0. The maximum Gasteiger partial charge on any atom is 0.393 e. The second kappa shape index (κ2) is 3.61. The molecule has 0 heterocycles. The fourth-order valence-corrected chi connectivity index (χ4v) is 0.986. The van der Waals surface area contributed by atoms with Gasteiger partial charge in [0, 0.05) is 0 Å². The Hall–Kier alpha value is -0.990. The van der Waals surface area contributed by atoms with E-state index >= 15 is 0 Å². The van der Waals surface area contributed by atoms with Gasteiger partial charge in [-0.2, -0.15) is 13.2 Å². The molecule has 1 aliphatic carbocycles. The van der Waals surface area contributed by atoms with Gasteiger partial charge >= 0.3 is 6.18 Å². The number of allylic oxidation sites excluding steroid dienone is 6. The maximum atomic E-state index is 11.9. The van der Waals surface area contributed by atoms with E-state index in [1.165, 1.54) is 6.08 Å². The van der Waals surface area contributed by atoms with Gasteiger partial charge in [0.1, 0.15) is 0 Å². The molecule has 1 rings (SSSR count). The fourth-order valence-electron chi connectivity index (χ4n) is 0.986. The number of hydrogen-bond acceptors (Lipinski definition) is 0. The lowest BCUT2D eigenvalue weighted by Gasteiger charge is -2.05. The van der Waals surface area contributed by atoms with Crippen LogP contribution in [0.2, 0.25) is 0 Å². The van der Waals surface area contributed by atoms with Crippen LogP contribution in [0.1, 0.15) is 12.8 Å². The van der Waals surface area contributed by atoms with Crippen LogP contribution >= 0.6 is 0 Å². The second-order valence-electron chi connectivity index (χ2n) is 2.59. The summed E-state index contributed by atoms with van der Waals surface area (Å²) in [6.45, 7) is 0. The lowest BCUT2D eigenvalue weighted by molar-refractivity contribution is -0.126. The minimum absolute atomic E-state index is 0.340. The summed E-state index contributed by atoms with van der Waals surface area (Å²) in [5, 5.41) is 0. The van der Waals surface area contributed by atoms with Crippen molar-refractivity contribution in [1.82, 2.24) is 0 Å². The molecule has 12 heavy (non-hydrogen) atoms. The first kappa shape index (κ1) is 9.10. The average Bonchev–Trinajstić information content (AvgIpc) is 2.12. The zero-order valence-electron chi connectivity index (χ0n) is 6.43. The number of hydrogen-bond donors (Lipinski definition) is 0. The van der Waals surface area contributed by atoms with Crippen LogP contribution in [0.3, 0.4) is 0 Å². The normalized spacial score (nSPS) is 17.4. The molecule has 0 atom stereocenters. The molecule has 0 aromatic rings. The molecule has 0 bridgehead atoms. The highest BCUT2D eigenvalue weighted by Crippen LogP contribution is 2.25. The second-order valence-corrected chi connectivity index (χ2v) is 2.59. The van der Waals surface area contributed by atoms with Crippen molar-refractivity contribution < 1.29 is 13.2 Å².